The molecule has 0 aromatic rings. The highest BCUT2D eigenvalue weighted by atomic mass is 16.5. The van der Waals surface area contributed by atoms with E-state index >= 15 is 0 Å². The van der Waals surface area contributed by atoms with E-state index in [1.807, 2.05) is 7.11 Å². The Labute approximate surface area is 329 Å². The Hall–Kier alpha value is -0.640. The number of ether oxygens (including phenoxy) is 2. The van der Waals surface area contributed by atoms with Crippen molar-refractivity contribution in [1.29, 1.82) is 0 Å². The smallest absolute Gasteiger partial charge is 0.0645 e. The van der Waals surface area contributed by atoms with Crippen molar-refractivity contribution in [1.82, 2.24) is 4.90 Å². The van der Waals surface area contributed by atoms with Gasteiger partial charge >= 0.3 is 0 Å². The SMILES string of the molecule is CC=CC1CC(OC)C(C=CC2CCC(N(C3CCC(C)CC3)C3CCC4C5CCCCC5C(C)(C)C4C3)CC2)CC1OCCC(C)CCCC(C)C. The van der Waals surface area contributed by atoms with Gasteiger partial charge in [0.15, 0.2) is 0 Å². The fraction of sp³-hybridized carbons (Fsp3) is 0.920. The van der Waals surface area contributed by atoms with Crippen molar-refractivity contribution in [3.8, 4) is 0 Å². The van der Waals surface area contributed by atoms with E-state index in [0.717, 1.165) is 84.9 Å². The maximum Gasteiger partial charge on any atom is 0.0645 e. The minimum absolute atomic E-state index is 0.293. The molecule has 6 fully saturated rings. The summed E-state index contributed by atoms with van der Waals surface area (Å²) in [5, 5.41) is 0. The Kier molecular flexibility index (Phi) is 15.6. The van der Waals surface area contributed by atoms with Gasteiger partial charge < -0.3 is 9.47 Å². The van der Waals surface area contributed by atoms with E-state index in [4.69, 9.17) is 9.47 Å². The monoisotopic (exact) mass is 734 g/mol. The average molecular weight is 734 g/mol. The van der Waals surface area contributed by atoms with Gasteiger partial charge in [-0.1, -0.05) is 98.0 Å². The molecule has 6 aliphatic rings. The summed E-state index contributed by atoms with van der Waals surface area (Å²) in [5.41, 5.74) is 0.547. The van der Waals surface area contributed by atoms with Crippen LogP contribution in [0.3, 0.4) is 0 Å². The summed E-state index contributed by atoms with van der Waals surface area (Å²) in [5.74, 6) is 8.17. The molecule has 10 atom stereocenters. The predicted molar refractivity (Wildman–Crippen MR) is 226 cm³/mol. The van der Waals surface area contributed by atoms with Crippen molar-refractivity contribution in [2.45, 2.75) is 214 Å². The van der Waals surface area contributed by atoms with Crippen LogP contribution in [-0.2, 0) is 9.47 Å². The van der Waals surface area contributed by atoms with E-state index in [0.29, 0.717) is 29.5 Å². The van der Waals surface area contributed by atoms with E-state index in [-0.39, 0.29) is 0 Å². The molecule has 304 valence electrons. The number of allylic oxidation sites excluding steroid dienone is 2. The maximum atomic E-state index is 6.74. The van der Waals surface area contributed by atoms with Gasteiger partial charge in [0, 0.05) is 43.7 Å². The van der Waals surface area contributed by atoms with Crippen LogP contribution in [0, 0.1) is 64.6 Å². The summed E-state index contributed by atoms with van der Waals surface area (Å²) >= 11 is 0. The number of hydrogen-bond acceptors (Lipinski definition) is 3. The van der Waals surface area contributed by atoms with E-state index in [1.165, 1.54) is 122 Å². The van der Waals surface area contributed by atoms with Gasteiger partial charge in [0.25, 0.3) is 0 Å². The molecule has 6 rings (SSSR count). The highest BCUT2D eigenvalue weighted by Crippen LogP contribution is 2.63. The molecule has 6 aliphatic carbocycles. The van der Waals surface area contributed by atoms with Gasteiger partial charge in [-0.05, 0) is 162 Å². The van der Waals surface area contributed by atoms with E-state index in [9.17, 15) is 0 Å². The van der Waals surface area contributed by atoms with Gasteiger partial charge in [-0.3, -0.25) is 4.90 Å². The molecule has 0 saturated heterocycles. The van der Waals surface area contributed by atoms with Crippen LogP contribution in [-0.4, -0.2) is 49.0 Å². The second kappa shape index (κ2) is 19.7. The van der Waals surface area contributed by atoms with Crippen LogP contribution >= 0.6 is 0 Å². The zero-order valence-electron chi connectivity index (χ0n) is 36.3. The first-order valence-corrected chi connectivity index (χ1v) is 23.8. The molecule has 3 heteroatoms. The fourth-order valence-electron chi connectivity index (χ4n) is 13.8. The molecule has 53 heavy (non-hydrogen) atoms. The Bertz CT molecular complexity index is 1130. The molecular formula is C50H87NO2. The molecular weight excluding hydrogens is 647 g/mol. The molecule has 0 aliphatic heterocycles. The van der Waals surface area contributed by atoms with Crippen molar-refractivity contribution >= 4 is 0 Å². The lowest BCUT2D eigenvalue weighted by Crippen LogP contribution is -2.54. The van der Waals surface area contributed by atoms with Crippen LogP contribution in [0.25, 0.3) is 0 Å². The Morgan fingerprint density at radius 2 is 1.30 bits per heavy atom. The quantitative estimate of drug-likeness (QED) is 0.156. The van der Waals surface area contributed by atoms with Crippen LogP contribution < -0.4 is 0 Å². The lowest BCUT2D eigenvalue weighted by Gasteiger charge is -2.51. The highest BCUT2D eigenvalue weighted by Gasteiger charge is 2.57. The molecule has 10 unspecified atom stereocenters. The molecule has 3 nitrogen and oxygen atoms in total. The topological polar surface area (TPSA) is 21.7 Å². The molecule has 0 amide bonds. The van der Waals surface area contributed by atoms with E-state index < -0.39 is 0 Å². The second-order valence-corrected chi connectivity index (χ2v) is 21.2. The summed E-state index contributed by atoms with van der Waals surface area (Å²) < 4.78 is 12.9. The molecule has 0 bridgehead atoms. The highest BCUT2D eigenvalue weighted by molar-refractivity contribution is 5.08. The lowest BCUT2D eigenvalue weighted by atomic mass is 9.66. The predicted octanol–water partition coefficient (Wildman–Crippen LogP) is 13.5. The number of methoxy groups -OCH3 is 1. The molecule has 0 aromatic heterocycles. The summed E-state index contributed by atoms with van der Waals surface area (Å²) in [7, 11) is 1.94. The summed E-state index contributed by atoms with van der Waals surface area (Å²) in [4.78, 5) is 3.25. The van der Waals surface area contributed by atoms with Crippen molar-refractivity contribution in [3.63, 3.8) is 0 Å². The van der Waals surface area contributed by atoms with Gasteiger partial charge in [-0.2, -0.15) is 0 Å². The van der Waals surface area contributed by atoms with Crippen molar-refractivity contribution in [2.75, 3.05) is 13.7 Å². The van der Waals surface area contributed by atoms with Gasteiger partial charge in [0.2, 0.25) is 0 Å². The average Bonchev–Trinajstić information content (AvgIpc) is 3.38. The van der Waals surface area contributed by atoms with Crippen molar-refractivity contribution in [3.05, 3.63) is 24.3 Å². The number of fused-ring (bicyclic) bond motifs is 3. The third-order valence-electron chi connectivity index (χ3n) is 16.9. The third-order valence-corrected chi connectivity index (χ3v) is 16.9. The van der Waals surface area contributed by atoms with Crippen molar-refractivity contribution < 1.29 is 9.47 Å². The first kappa shape index (κ1) is 42.0. The minimum atomic E-state index is 0.293. The molecule has 0 radical (unpaired) electrons. The summed E-state index contributed by atoms with van der Waals surface area (Å²) in [6.07, 6.45) is 39.8. The first-order valence-electron chi connectivity index (χ1n) is 23.8. The van der Waals surface area contributed by atoms with E-state index in [2.05, 4.69) is 77.7 Å². The molecule has 0 aromatic carbocycles. The summed E-state index contributed by atoms with van der Waals surface area (Å²) in [6, 6.07) is 2.48. The second-order valence-electron chi connectivity index (χ2n) is 21.2. The Morgan fingerprint density at radius 1 is 0.660 bits per heavy atom. The minimum Gasteiger partial charge on any atom is -0.381 e. The van der Waals surface area contributed by atoms with Crippen LogP contribution in [0.5, 0.6) is 0 Å². The van der Waals surface area contributed by atoms with Crippen LogP contribution in [0.15, 0.2) is 24.3 Å². The Morgan fingerprint density at radius 3 is 2.00 bits per heavy atom. The summed E-state index contributed by atoms with van der Waals surface area (Å²) in [6.45, 7) is 18.1. The zero-order chi connectivity index (χ0) is 37.5. The number of nitrogens with zero attached hydrogens (tertiary/aromatic N) is 1. The third kappa shape index (κ3) is 10.5. The zero-order valence-corrected chi connectivity index (χ0v) is 36.3. The van der Waals surface area contributed by atoms with Gasteiger partial charge in [0.1, 0.15) is 0 Å². The van der Waals surface area contributed by atoms with Crippen molar-refractivity contribution in [2.24, 2.45) is 64.6 Å². The van der Waals surface area contributed by atoms with Gasteiger partial charge in [0.05, 0.1) is 12.2 Å². The molecule has 0 spiro atoms. The van der Waals surface area contributed by atoms with Crippen LogP contribution in [0.4, 0.5) is 0 Å². The standard InChI is InChI=1S/C50H87NO2/c1-9-13-39-32-48(52-8)40(33-49(39)53-31-30-36(4)15-12-14-35(2)3)23-20-38-21-26-42(27-22-38)51(41-24-18-37(5)19-25-41)43-28-29-45-44-16-10-11-17-46(44)50(6,7)47(45)34-43/h9,13,20,23,35-49H,10-12,14-19,21-22,24-34H2,1-8H3. The largest absolute Gasteiger partial charge is 0.381 e. The Balaban J connectivity index is 1.05. The number of hydrogen-bond donors (Lipinski definition) is 0. The van der Waals surface area contributed by atoms with Crippen LogP contribution in [0.1, 0.15) is 183 Å². The van der Waals surface area contributed by atoms with Crippen LogP contribution in [0.2, 0.25) is 0 Å². The number of rotatable bonds is 15. The molecule has 6 saturated carbocycles. The maximum absolute atomic E-state index is 6.74. The molecule has 0 N–H and O–H groups in total. The van der Waals surface area contributed by atoms with E-state index in [1.54, 1.807) is 0 Å². The first-order chi connectivity index (χ1) is 25.6. The molecule has 0 heterocycles. The normalized spacial score (nSPS) is 41.3. The fourth-order valence-corrected chi connectivity index (χ4v) is 13.8. The lowest BCUT2D eigenvalue weighted by molar-refractivity contribution is -0.0614. The van der Waals surface area contributed by atoms with Gasteiger partial charge in [-0.25, -0.2) is 0 Å². The van der Waals surface area contributed by atoms with Gasteiger partial charge in [-0.15, -0.1) is 0 Å².